The van der Waals surface area contributed by atoms with Gasteiger partial charge in [-0.3, -0.25) is 4.79 Å². The molecule has 1 radical (unpaired) electrons. The molecular weight excluding hydrogens is 351 g/mol. The van der Waals surface area contributed by atoms with E-state index < -0.39 is 0 Å². The predicted octanol–water partition coefficient (Wildman–Crippen LogP) is 2.24. The fourth-order valence-corrected chi connectivity index (χ4v) is 2.69. The first-order valence-electron chi connectivity index (χ1n) is 7.68. The SMILES string of the molecule is O=C(Nc1cc[c-]cc1)NC1CCN(C(=O)c2cc[nH]c2)CC1.[Co]. The van der Waals surface area contributed by atoms with E-state index in [0.29, 0.717) is 18.7 Å². The number of urea groups is 1. The van der Waals surface area contributed by atoms with E-state index in [-0.39, 0.29) is 34.8 Å². The number of anilines is 1. The number of likely N-dealkylation sites (tertiary alicyclic amines) is 1. The van der Waals surface area contributed by atoms with Crippen molar-refractivity contribution in [2.45, 2.75) is 18.9 Å². The Labute approximate surface area is 151 Å². The summed E-state index contributed by atoms with van der Waals surface area (Å²) < 4.78 is 0. The van der Waals surface area contributed by atoms with Crippen molar-refractivity contribution in [2.75, 3.05) is 18.4 Å². The Morgan fingerprint density at radius 3 is 2.50 bits per heavy atom. The van der Waals surface area contributed by atoms with Crippen LogP contribution in [0, 0.1) is 6.07 Å². The molecule has 1 fully saturated rings. The number of carbonyl (C=O) groups is 2. The number of aromatic nitrogens is 1. The third-order valence-corrected chi connectivity index (χ3v) is 3.94. The zero-order valence-corrected chi connectivity index (χ0v) is 14.1. The zero-order chi connectivity index (χ0) is 16.1. The first-order chi connectivity index (χ1) is 11.2. The van der Waals surface area contributed by atoms with Gasteiger partial charge in [0.1, 0.15) is 0 Å². The Balaban J connectivity index is 0.00000208. The number of hydrogen-bond acceptors (Lipinski definition) is 2. The van der Waals surface area contributed by atoms with Crippen molar-refractivity contribution in [2.24, 2.45) is 0 Å². The van der Waals surface area contributed by atoms with Gasteiger partial charge in [-0.2, -0.15) is 18.2 Å². The van der Waals surface area contributed by atoms with Gasteiger partial charge in [0.05, 0.1) is 5.56 Å². The van der Waals surface area contributed by atoms with Crippen LogP contribution in [-0.2, 0) is 16.8 Å². The van der Waals surface area contributed by atoms with Crippen molar-refractivity contribution in [1.29, 1.82) is 0 Å². The van der Waals surface area contributed by atoms with E-state index >= 15 is 0 Å². The predicted molar refractivity (Wildman–Crippen MR) is 87.2 cm³/mol. The van der Waals surface area contributed by atoms with Gasteiger partial charge in [0.25, 0.3) is 5.91 Å². The molecular formula is C17H19CoN4O2-. The topological polar surface area (TPSA) is 77.2 Å². The molecule has 1 aliphatic rings. The Hall–Kier alpha value is -2.25. The van der Waals surface area contributed by atoms with Crippen LogP contribution in [0.25, 0.3) is 0 Å². The number of benzene rings is 1. The largest absolute Gasteiger partial charge is 0.367 e. The number of amides is 3. The molecule has 1 aromatic carbocycles. The third kappa shape index (κ3) is 4.62. The average molecular weight is 370 g/mol. The molecule has 1 aliphatic heterocycles. The first-order valence-corrected chi connectivity index (χ1v) is 7.68. The molecule has 3 rings (SSSR count). The third-order valence-electron chi connectivity index (χ3n) is 3.94. The molecule has 0 unspecified atom stereocenters. The second kappa shape index (κ2) is 8.56. The monoisotopic (exact) mass is 370 g/mol. The molecule has 2 aromatic rings. The molecule has 1 aromatic heterocycles. The van der Waals surface area contributed by atoms with Crippen LogP contribution in [0.2, 0.25) is 0 Å². The number of hydrogen-bond donors (Lipinski definition) is 3. The van der Waals surface area contributed by atoms with Gasteiger partial charge in [-0.05, 0) is 18.9 Å². The summed E-state index contributed by atoms with van der Waals surface area (Å²) in [5.74, 6) is 0.0367. The summed E-state index contributed by atoms with van der Waals surface area (Å²) in [4.78, 5) is 28.9. The number of piperidine rings is 1. The number of aromatic amines is 1. The maximum absolute atomic E-state index is 12.2. The van der Waals surface area contributed by atoms with E-state index in [1.54, 1.807) is 42.7 Å². The number of H-pyrrole nitrogens is 1. The van der Waals surface area contributed by atoms with E-state index in [9.17, 15) is 9.59 Å². The first kappa shape index (κ1) is 18.1. The van der Waals surface area contributed by atoms with Crippen molar-refractivity contribution in [3.8, 4) is 0 Å². The van der Waals surface area contributed by atoms with Crippen molar-refractivity contribution in [1.82, 2.24) is 15.2 Å². The molecule has 0 atom stereocenters. The summed E-state index contributed by atoms with van der Waals surface area (Å²) in [7, 11) is 0. The van der Waals surface area contributed by atoms with Gasteiger partial charge < -0.3 is 20.5 Å². The van der Waals surface area contributed by atoms with Crippen LogP contribution < -0.4 is 10.6 Å². The van der Waals surface area contributed by atoms with Crippen LogP contribution >= 0.6 is 0 Å². The maximum Gasteiger partial charge on any atom is 0.317 e. The van der Waals surface area contributed by atoms with Gasteiger partial charge in [0.15, 0.2) is 0 Å². The van der Waals surface area contributed by atoms with Gasteiger partial charge >= 0.3 is 6.03 Å². The van der Waals surface area contributed by atoms with Crippen LogP contribution in [0.1, 0.15) is 23.2 Å². The van der Waals surface area contributed by atoms with Crippen LogP contribution in [0.3, 0.4) is 0 Å². The van der Waals surface area contributed by atoms with Crippen LogP contribution in [0.5, 0.6) is 0 Å². The van der Waals surface area contributed by atoms with Crippen LogP contribution in [0.15, 0.2) is 42.7 Å². The van der Waals surface area contributed by atoms with Crippen molar-refractivity contribution in [3.05, 3.63) is 54.4 Å². The molecule has 0 saturated carbocycles. The second-order valence-corrected chi connectivity index (χ2v) is 5.55. The van der Waals surface area contributed by atoms with Crippen molar-refractivity contribution in [3.63, 3.8) is 0 Å². The Bertz CT molecular complexity index is 652. The van der Waals surface area contributed by atoms with E-state index in [2.05, 4.69) is 21.7 Å². The summed E-state index contributed by atoms with van der Waals surface area (Å²) in [5.41, 5.74) is 1.41. The normalized spacial score (nSPS) is 14.6. The summed E-state index contributed by atoms with van der Waals surface area (Å²) >= 11 is 0. The van der Waals surface area contributed by atoms with E-state index in [0.717, 1.165) is 18.5 Å². The summed E-state index contributed by atoms with van der Waals surface area (Å²) in [6, 6.07) is 11.6. The van der Waals surface area contributed by atoms with E-state index in [1.165, 1.54) is 0 Å². The van der Waals surface area contributed by atoms with Crippen molar-refractivity contribution >= 4 is 17.6 Å². The Morgan fingerprint density at radius 1 is 1.17 bits per heavy atom. The molecule has 129 valence electrons. The fourth-order valence-electron chi connectivity index (χ4n) is 2.69. The molecule has 6 nitrogen and oxygen atoms in total. The summed E-state index contributed by atoms with van der Waals surface area (Å²) in [6.07, 6.45) is 4.96. The van der Waals surface area contributed by atoms with E-state index in [1.807, 2.05) is 4.90 Å². The van der Waals surface area contributed by atoms with Gasteiger partial charge in [-0.15, -0.1) is 12.1 Å². The van der Waals surface area contributed by atoms with E-state index in [4.69, 9.17) is 0 Å². The van der Waals surface area contributed by atoms with Gasteiger partial charge in [-0.1, -0.05) is 5.69 Å². The summed E-state index contributed by atoms with van der Waals surface area (Å²) in [6.45, 7) is 1.30. The molecule has 1 saturated heterocycles. The van der Waals surface area contributed by atoms with Gasteiger partial charge in [-0.25, -0.2) is 4.79 Å². The molecule has 2 heterocycles. The number of carbonyl (C=O) groups excluding carboxylic acids is 2. The zero-order valence-electron chi connectivity index (χ0n) is 13.0. The Kier molecular flexibility index (Phi) is 6.45. The number of nitrogens with one attached hydrogen (secondary N) is 3. The fraction of sp³-hybridized carbons (Fsp3) is 0.294. The molecule has 0 bridgehead atoms. The van der Waals surface area contributed by atoms with Crippen LogP contribution in [-0.4, -0.2) is 41.0 Å². The molecule has 0 spiro atoms. The second-order valence-electron chi connectivity index (χ2n) is 5.55. The summed E-state index contributed by atoms with van der Waals surface area (Å²) in [5, 5.41) is 5.75. The molecule has 3 N–H and O–H groups in total. The quantitative estimate of drug-likeness (QED) is 0.725. The number of nitrogens with zero attached hydrogens (tertiary/aromatic N) is 1. The minimum Gasteiger partial charge on any atom is -0.367 e. The molecule has 3 amide bonds. The molecule has 7 heteroatoms. The van der Waals surface area contributed by atoms with Crippen LogP contribution in [0.4, 0.5) is 10.5 Å². The average Bonchev–Trinajstić information content (AvgIpc) is 3.10. The smallest absolute Gasteiger partial charge is 0.317 e. The van der Waals surface area contributed by atoms with Gasteiger partial charge in [0.2, 0.25) is 0 Å². The van der Waals surface area contributed by atoms with Crippen molar-refractivity contribution < 1.29 is 26.4 Å². The standard InChI is InChI=1S/C17H19N4O2.Co/c22-16(13-6-9-18-12-13)21-10-7-15(8-11-21)20-17(23)19-14-4-2-1-3-5-14;/h2-6,9,12,15,18H,7-8,10-11H2,(H2,19,20,23);/q-1;. The number of rotatable bonds is 3. The molecule has 0 aliphatic carbocycles. The Morgan fingerprint density at radius 2 is 1.88 bits per heavy atom. The maximum atomic E-state index is 12.2. The minimum atomic E-state index is -0.216. The molecule has 24 heavy (non-hydrogen) atoms. The minimum absolute atomic E-state index is 0. The van der Waals surface area contributed by atoms with Gasteiger partial charge in [0, 0.05) is 48.3 Å².